The molecular weight excluding hydrogens is 314 g/mol. The summed E-state index contributed by atoms with van der Waals surface area (Å²) in [6, 6.07) is 6.84. The maximum absolute atomic E-state index is 12.1. The van der Waals surface area contributed by atoms with E-state index in [0.717, 1.165) is 0 Å². The molecule has 1 aliphatic rings. The Balaban J connectivity index is 1.87. The monoisotopic (exact) mass is 331 g/mol. The standard InChI is InChI=1S/C13H18ClN3O3S/c14-11-3-1-2-4-12(11)16-13(18)5-10-21(19,20)17-8-6-15-7-9-17/h1-4,15H,5-10H2,(H,16,18). The molecule has 21 heavy (non-hydrogen) atoms. The summed E-state index contributed by atoms with van der Waals surface area (Å²) >= 11 is 5.93. The van der Waals surface area contributed by atoms with E-state index < -0.39 is 10.0 Å². The molecule has 1 aromatic carbocycles. The molecule has 1 fully saturated rings. The van der Waals surface area contributed by atoms with Crippen LogP contribution in [0.3, 0.4) is 0 Å². The molecular formula is C13H18ClN3O3S. The zero-order valence-corrected chi connectivity index (χ0v) is 13.1. The van der Waals surface area contributed by atoms with Gasteiger partial charge in [-0.15, -0.1) is 0 Å². The SMILES string of the molecule is O=C(CCS(=O)(=O)N1CCNCC1)Nc1ccccc1Cl. The number of para-hydroxylation sites is 1. The maximum Gasteiger partial charge on any atom is 0.225 e. The second-order valence-electron chi connectivity index (χ2n) is 4.74. The number of halogens is 1. The van der Waals surface area contributed by atoms with Crippen molar-refractivity contribution in [1.29, 1.82) is 0 Å². The highest BCUT2D eigenvalue weighted by Crippen LogP contribution is 2.20. The molecule has 1 aliphatic heterocycles. The summed E-state index contributed by atoms with van der Waals surface area (Å²) < 4.78 is 25.6. The number of carbonyl (C=O) groups is 1. The number of carbonyl (C=O) groups excluding carboxylic acids is 1. The fourth-order valence-electron chi connectivity index (χ4n) is 2.05. The molecule has 0 radical (unpaired) electrons. The third-order valence-corrected chi connectivity index (χ3v) is 5.41. The molecule has 8 heteroatoms. The minimum atomic E-state index is -3.38. The van der Waals surface area contributed by atoms with Gasteiger partial charge in [-0.3, -0.25) is 4.79 Å². The molecule has 0 atom stereocenters. The smallest absolute Gasteiger partial charge is 0.225 e. The lowest BCUT2D eigenvalue weighted by molar-refractivity contribution is -0.115. The highest BCUT2D eigenvalue weighted by atomic mass is 35.5. The lowest BCUT2D eigenvalue weighted by Gasteiger charge is -2.26. The van der Waals surface area contributed by atoms with Crippen molar-refractivity contribution in [3.05, 3.63) is 29.3 Å². The van der Waals surface area contributed by atoms with E-state index in [0.29, 0.717) is 36.9 Å². The largest absolute Gasteiger partial charge is 0.325 e. The number of hydrogen-bond acceptors (Lipinski definition) is 4. The van der Waals surface area contributed by atoms with Crippen molar-refractivity contribution in [3.63, 3.8) is 0 Å². The Labute approximate surface area is 129 Å². The third-order valence-electron chi connectivity index (χ3n) is 3.20. The number of sulfonamides is 1. The first-order chi connectivity index (χ1) is 9.99. The molecule has 0 aromatic heterocycles. The summed E-state index contributed by atoms with van der Waals surface area (Å²) in [5, 5.41) is 6.14. The molecule has 1 saturated heterocycles. The van der Waals surface area contributed by atoms with E-state index in [1.807, 2.05) is 0 Å². The minimum absolute atomic E-state index is 0.0858. The van der Waals surface area contributed by atoms with Crippen LogP contribution in [0, 0.1) is 0 Å². The Hall–Kier alpha value is -1.15. The lowest BCUT2D eigenvalue weighted by Crippen LogP contribution is -2.47. The highest BCUT2D eigenvalue weighted by molar-refractivity contribution is 7.89. The van der Waals surface area contributed by atoms with Crippen LogP contribution in [0.4, 0.5) is 5.69 Å². The average molecular weight is 332 g/mol. The van der Waals surface area contributed by atoms with E-state index >= 15 is 0 Å². The van der Waals surface area contributed by atoms with Gasteiger partial charge in [0.15, 0.2) is 0 Å². The van der Waals surface area contributed by atoms with Crippen LogP contribution in [0.1, 0.15) is 6.42 Å². The van der Waals surface area contributed by atoms with Gasteiger partial charge in [0.2, 0.25) is 15.9 Å². The Kier molecular flexibility index (Phi) is 5.58. The van der Waals surface area contributed by atoms with Gasteiger partial charge in [0.05, 0.1) is 16.5 Å². The van der Waals surface area contributed by atoms with Crippen molar-refractivity contribution in [1.82, 2.24) is 9.62 Å². The fourth-order valence-corrected chi connectivity index (χ4v) is 3.67. The van der Waals surface area contributed by atoms with Crippen LogP contribution in [0.25, 0.3) is 0 Å². The summed E-state index contributed by atoms with van der Waals surface area (Å²) in [5.74, 6) is -0.551. The van der Waals surface area contributed by atoms with Crippen LogP contribution < -0.4 is 10.6 Å². The average Bonchev–Trinajstić information content (AvgIpc) is 2.49. The van der Waals surface area contributed by atoms with Gasteiger partial charge in [-0.2, -0.15) is 4.31 Å². The van der Waals surface area contributed by atoms with Crippen molar-refractivity contribution in [2.45, 2.75) is 6.42 Å². The third kappa shape index (κ3) is 4.67. The van der Waals surface area contributed by atoms with Gasteiger partial charge in [-0.05, 0) is 12.1 Å². The lowest BCUT2D eigenvalue weighted by atomic mass is 10.3. The van der Waals surface area contributed by atoms with Crippen LogP contribution in [-0.2, 0) is 14.8 Å². The normalized spacial score (nSPS) is 16.6. The number of benzene rings is 1. The first-order valence-electron chi connectivity index (χ1n) is 6.72. The summed E-state index contributed by atoms with van der Waals surface area (Å²) in [5.41, 5.74) is 0.490. The summed E-state index contributed by atoms with van der Waals surface area (Å²) in [4.78, 5) is 11.8. The van der Waals surface area contributed by atoms with Crippen molar-refractivity contribution in [2.75, 3.05) is 37.2 Å². The molecule has 0 spiro atoms. The molecule has 0 aliphatic carbocycles. The number of rotatable bonds is 5. The van der Waals surface area contributed by atoms with Gasteiger partial charge < -0.3 is 10.6 Å². The van der Waals surface area contributed by atoms with Gasteiger partial charge in [0.25, 0.3) is 0 Å². The predicted molar refractivity (Wildman–Crippen MR) is 82.9 cm³/mol. The van der Waals surface area contributed by atoms with Crippen LogP contribution in [-0.4, -0.2) is 50.6 Å². The first kappa shape index (κ1) is 16.2. The van der Waals surface area contributed by atoms with Gasteiger partial charge in [0.1, 0.15) is 0 Å². The number of nitrogens with one attached hydrogen (secondary N) is 2. The van der Waals surface area contributed by atoms with Crippen molar-refractivity contribution < 1.29 is 13.2 Å². The predicted octanol–water partition coefficient (Wildman–Crippen LogP) is 0.904. The Morgan fingerprint density at radius 3 is 2.62 bits per heavy atom. The number of anilines is 1. The van der Waals surface area contributed by atoms with Crippen LogP contribution in [0.5, 0.6) is 0 Å². The van der Waals surface area contributed by atoms with Gasteiger partial charge in [-0.1, -0.05) is 23.7 Å². The van der Waals surface area contributed by atoms with E-state index in [2.05, 4.69) is 10.6 Å². The topological polar surface area (TPSA) is 78.5 Å². The Morgan fingerprint density at radius 1 is 1.29 bits per heavy atom. The van der Waals surface area contributed by atoms with E-state index in [9.17, 15) is 13.2 Å². The zero-order valence-electron chi connectivity index (χ0n) is 11.5. The van der Waals surface area contributed by atoms with Gasteiger partial charge in [-0.25, -0.2) is 8.42 Å². The Morgan fingerprint density at radius 2 is 1.95 bits per heavy atom. The zero-order chi connectivity index (χ0) is 15.3. The quantitative estimate of drug-likeness (QED) is 0.840. The van der Waals surface area contributed by atoms with Crippen LogP contribution in [0.15, 0.2) is 24.3 Å². The molecule has 0 saturated carbocycles. The van der Waals surface area contributed by atoms with Gasteiger partial charge in [0, 0.05) is 32.6 Å². The molecule has 1 aromatic rings. The Bertz CT molecular complexity index is 600. The van der Waals surface area contributed by atoms with E-state index in [-0.39, 0.29) is 18.1 Å². The molecule has 116 valence electrons. The van der Waals surface area contributed by atoms with Crippen molar-refractivity contribution >= 4 is 33.2 Å². The fraction of sp³-hybridized carbons (Fsp3) is 0.462. The van der Waals surface area contributed by atoms with Crippen molar-refractivity contribution in [3.8, 4) is 0 Å². The second-order valence-corrected chi connectivity index (χ2v) is 7.24. The van der Waals surface area contributed by atoms with E-state index in [4.69, 9.17) is 11.6 Å². The van der Waals surface area contributed by atoms with Crippen LogP contribution in [0.2, 0.25) is 5.02 Å². The number of nitrogens with zero attached hydrogens (tertiary/aromatic N) is 1. The summed E-state index contributed by atoms with van der Waals surface area (Å²) in [6.07, 6.45) is -0.0858. The van der Waals surface area contributed by atoms with E-state index in [1.165, 1.54) is 4.31 Å². The van der Waals surface area contributed by atoms with Crippen LogP contribution >= 0.6 is 11.6 Å². The number of hydrogen-bond donors (Lipinski definition) is 2. The molecule has 0 unspecified atom stereocenters. The summed E-state index contributed by atoms with van der Waals surface area (Å²) in [6.45, 7) is 2.19. The first-order valence-corrected chi connectivity index (χ1v) is 8.71. The number of piperazine rings is 1. The minimum Gasteiger partial charge on any atom is -0.325 e. The van der Waals surface area contributed by atoms with Gasteiger partial charge >= 0.3 is 0 Å². The molecule has 1 amide bonds. The van der Waals surface area contributed by atoms with Crippen molar-refractivity contribution in [2.24, 2.45) is 0 Å². The molecule has 2 rings (SSSR count). The molecule has 2 N–H and O–H groups in total. The second kappa shape index (κ2) is 7.22. The molecule has 1 heterocycles. The number of amides is 1. The maximum atomic E-state index is 12.1. The molecule has 0 bridgehead atoms. The highest BCUT2D eigenvalue weighted by Gasteiger charge is 2.24. The molecule has 6 nitrogen and oxygen atoms in total. The summed E-state index contributed by atoms with van der Waals surface area (Å²) in [7, 11) is -3.38. The van der Waals surface area contributed by atoms with E-state index in [1.54, 1.807) is 24.3 Å².